The van der Waals surface area contributed by atoms with Crippen LogP contribution in [-0.4, -0.2) is 4.98 Å². The molecule has 1 aromatic rings. The van der Waals surface area contributed by atoms with Crippen LogP contribution in [0, 0.1) is 0 Å². The lowest BCUT2D eigenvalue weighted by Crippen LogP contribution is -2.04. The van der Waals surface area contributed by atoms with Gasteiger partial charge in [-0.25, -0.2) is 0 Å². The zero-order valence-corrected chi connectivity index (χ0v) is 7.73. The molecular formula is C9H11ClN2. The molecule has 1 aliphatic rings. The monoisotopic (exact) mass is 182 g/mol. The Morgan fingerprint density at radius 1 is 1.58 bits per heavy atom. The van der Waals surface area contributed by atoms with Crippen molar-refractivity contribution >= 4 is 17.3 Å². The fourth-order valence-electron chi connectivity index (χ4n) is 1.32. The first-order chi connectivity index (χ1) is 5.62. The molecule has 0 atom stereocenters. The second-order valence-corrected chi connectivity index (χ2v) is 4.07. The number of hydrogen-bond acceptors (Lipinski definition) is 2. The lowest BCUT2D eigenvalue weighted by molar-refractivity contribution is 0.751. The Kier molecular flexibility index (Phi) is 1.55. The van der Waals surface area contributed by atoms with E-state index in [2.05, 4.69) is 11.9 Å². The summed E-state index contributed by atoms with van der Waals surface area (Å²) >= 11 is 6.01. The van der Waals surface area contributed by atoms with Crippen molar-refractivity contribution in [2.45, 2.75) is 25.2 Å². The fraction of sp³-hybridized carbons (Fsp3) is 0.444. The van der Waals surface area contributed by atoms with E-state index in [9.17, 15) is 0 Å². The Labute approximate surface area is 76.7 Å². The van der Waals surface area contributed by atoms with Gasteiger partial charge < -0.3 is 5.73 Å². The summed E-state index contributed by atoms with van der Waals surface area (Å²) in [6, 6.07) is 1.77. The highest BCUT2D eigenvalue weighted by atomic mass is 35.5. The van der Waals surface area contributed by atoms with E-state index in [1.807, 2.05) is 0 Å². The summed E-state index contributed by atoms with van der Waals surface area (Å²) in [5, 5.41) is 0.704. The first kappa shape index (κ1) is 7.87. The Bertz CT molecular complexity index is 318. The van der Waals surface area contributed by atoms with Crippen LogP contribution in [0.25, 0.3) is 0 Å². The zero-order chi connectivity index (χ0) is 8.77. The van der Waals surface area contributed by atoms with Gasteiger partial charge in [0, 0.05) is 5.41 Å². The van der Waals surface area contributed by atoms with E-state index in [1.165, 1.54) is 12.8 Å². The van der Waals surface area contributed by atoms with Crippen molar-refractivity contribution in [1.82, 2.24) is 4.98 Å². The number of halogens is 1. The van der Waals surface area contributed by atoms with Gasteiger partial charge in [-0.2, -0.15) is 0 Å². The number of pyridine rings is 1. The van der Waals surface area contributed by atoms with Gasteiger partial charge in [0.25, 0.3) is 0 Å². The summed E-state index contributed by atoms with van der Waals surface area (Å²) in [5.41, 5.74) is 7.40. The van der Waals surface area contributed by atoms with Crippen molar-refractivity contribution in [1.29, 1.82) is 0 Å². The van der Waals surface area contributed by atoms with E-state index in [1.54, 1.807) is 12.3 Å². The van der Waals surface area contributed by atoms with Crippen molar-refractivity contribution < 1.29 is 0 Å². The van der Waals surface area contributed by atoms with Gasteiger partial charge in [0.15, 0.2) is 0 Å². The maximum Gasteiger partial charge on any atom is 0.0650 e. The molecule has 0 radical (unpaired) electrons. The summed E-state index contributed by atoms with van der Waals surface area (Å²) in [5.74, 6) is 0. The number of nitrogen functional groups attached to an aromatic ring is 1. The Morgan fingerprint density at radius 2 is 2.25 bits per heavy atom. The van der Waals surface area contributed by atoms with Crippen molar-refractivity contribution in [3.63, 3.8) is 0 Å². The number of nitrogens with zero attached hydrogens (tertiary/aromatic N) is 1. The summed E-state index contributed by atoms with van der Waals surface area (Å²) in [7, 11) is 0. The van der Waals surface area contributed by atoms with Gasteiger partial charge in [-0.05, 0) is 18.9 Å². The summed E-state index contributed by atoms with van der Waals surface area (Å²) in [4.78, 5) is 4.25. The van der Waals surface area contributed by atoms with Crippen LogP contribution < -0.4 is 5.73 Å². The van der Waals surface area contributed by atoms with Crippen molar-refractivity contribution in [3.8, 4) is 0 Å². The summed E-state index contributed by atoms with van der Waals surface area (Å²) in [6.07, 6.45) is 4.04. The molecule has 12 heavy (non-hydrogen) atoms. The Hall–Kier alpha value is -0.760. The first-order valence-electron chi connectivity index (χ1n) is 4.03. The van der Waals surface area contributed by atoms with Gasteiger partial charge in [-0.3, -0.25) is 4.98 Å². The highest BCUT2D eigenvalue weighted by Crippen LogP contribution is 2.48. The normalized spacial score (nSPS) is 19.2. The minimum atomic E-state index is 0.227. The third kappa shape index (κ3) is 1.16. The topological polar surface area (TPSA) is 38.9 Å². The molecule has 2 rings (SSSR count). The molecule has 1 heterocycles. The largest absolute Gasteiger partial charge is 0.397 e. The van der Waals surface area contributed by atoms with Gasteiger partial charge >= 0.3 is 0 Å². The van der Waals surface area contributed by atoms with E-state index >= 15 is 0 Å². The number of anilines is 1. The quantitative estimate of drug-likeness (QED) is 0.724. The summed E-state index contributed by atoms with van der Waals surface area (Å²) < 4.78 is 0. The summed E-state index contributed by atoms with van der Waals surface area (Å²) in [6.45, 7) is 2.18. The SMILES string of the molecule is CC1(c2ncc(N)cc2Cl)CC1. The van der Waals surface area contributed by atoms with E-state index in [-0.39, 0.29) is 5.41 Å². The maximum absolute atomic E-state index is 6.01. The first-order valence-corrected chi connectivity index (χ1v) is 4.41. The molecule has 2 N–H and O–H groups in total. The van der Waals surface area contributed by atoms with Gasteiger partial charge in [0.1, 0.15) is 0 Å². The van der Waals surface area contributed by atoms with Gasteiger partial charge in [-0.1, -0.05) is 18.5 Å². The van der Waals surface area contributed by atoms with Gasteiger partial charge in [-0.15, -0.1) is 0 Å². The van der Waals surface area contributed by atoms with Crippen LogP contribution in [0.3, 0.4) is 0 Å². The van der Waals surface area contributed by atoms with Crippen molar-refractivity contribution in [3.05, 3.63) is 23.0 Å². The van der Waals surface area contributed by atoms with E-state index in [4.69, 9.17) is 17.3 Å². The van der Waals surface area contributed by atoms with Crippen molar-refractivity contribution in [2.75, 3.05) is 5.73 Å². The van der Waals surface area contributed by atoms with Crippen LogP contribution in [-0.2, 0) is 5.41 Å². The third-order valence-electron chi connectivity index (χ3n) is 2.43. The highest BCUT2D eigenvalue weighted by molar-refractivity contribution is 6.31. The molecule has 0 amide bonds. The zero-order valence-electron chi connectivity index (χ0n) is 6.97. The van der Waals surface area contributed by atoms with Crippen LogP contribution in [0.5, 0.6) is 0 Å². The molecule has 64 valence electrons. The third-order valence-corrected chi connectivity index (χ3v) is 2.72. The van der Waals surface area contributed by atoms with E-state index in [0.29, 0.717) is 10.7 Å². The smallest absolute Gasteiger partial charge is 0.0650 e. The molecule has 1 aromatic heterocycles. The van der Waals surface area contributed by atoms with Crippen LogP contribution in [0.1, 0.15) is 25.5 Å². The lowest BCUT2D eigenvalue weighted by atomic mass is 10.1. The van der Waals surface area contributed by atoms with Crippen LogP contribution in [0.4, 0.5) is 5.69 Å². The average Bonchev–Trinajstić information content (AvgIpc) is 2.68. The molecule has 2 nitrogen and oxygen atoms in total. The van der Waals surface area contributed by atoms with E-state index in [0.717, 1.165) is 5.69 Å². The van der Waals surface area contributed by atoms with Crippen molar-refractivity contribution in [2.24, 2.45) is 0 Å². The molecule has 0 aromatic carbocycles. The van der Waals surface area contributed by atoms with Crippen LogP contribution >= 0.6 is 11.6 Å². The standard InChI is InChI=1S/C9H11ClN2/c1-9(2-3-9)8-7(10)4-6(11)5-12-8/h4-5H,2-3,11H2,1H3. The predicted octanol–water partition coefficient (Wildman–Crippen LogP) is 2.37. The van der Waals surface area contributed by atoms with Gasteiger partial charge in [0.2, 0.25) is 0 Å². The number of rotatable bonds is 1. The lowest BCUT2D eigenvalue weighted by Gasteiger charge is -2.09. The molecular weight excluding hydrogens is 172 g/mol. The molecule has 3 heteroatoms. The molecule has 1 fully saturated rings. The number of aromatic nitrogens is 1. The number of nitrogens with two attached hydrogens (primary N) is 1. The van der Waals surface area contributed by atoms with Gasteiger partial charge in [0.05, 0.1) is 22.6 Å². The molecule has 0 bridgehead atoms. The maximum atomic E-state index is 6.01. The van der Waals surface area contributed by atoms with Crippen LogP contribution in [0.2, 0.25) is 5.02 Å². The Morgan fingerprint density at radius 3 is 2.75 bits per heavy atom. The average molecular weight is 183 g/mol. The van der Waals surface area contributed by atoms with Crippen LogP contribution in [0.15, 0.2) is 12.3 Å². The fourth-order valence-corrected chi connectivity index (χ4v) is 1.72. The molecule has 0 saturated heterocycles. The minimum absolute atomic E-state index is 0.227. The van der Waals surface area contributed by atoms with E-state index < -0.39 is 0 Å². The Balaban J connectivity index is 2.45. The predicted molar refractivity (Wildman–Crippen MR) is 50.2 cm³/mol. The minimum Gasteiger partial charge on any atom is -0.397 e. The second kappa shape index (κ2) is 2.36. The molecule has 0 unspecified atom stereocenters. The number of hydrogen-bond donors (Lipinski definition) is 1. The second-order valence-electron chi connectivity index (χ2n) is 3.66. The molecule has 0 spiro atoms. The molecule has 1 saturated carbocycles. The molecule has 1 aliphatic carbocycles. The molecule has 0 aliphatic heterocycles. The highest BCUT2D eigenvalue weighted by Gasteiger charge is 2.41.